The maximum absolute atomic E-state index is 12.6. The minimum absolute atomic E-state index is 0.121. The van der Waals surface area contributed by atoms with Crippen molar-refractivity contribution in [1.82, 2.24) is 9.80 Å². The summed E-state index contributed by atoms with van der Waals surface area (Å²) >= 11 is 0. The quantitative estimate of drug-likeness (QED) is 0.788. The highest BCUT2D eigenvalue weighted by Crippen LogP contribution is 2.32. The molecule has 1 unspecified atom stereocenters. The van der Waals surface area contributed by atoms with Crippen LogP contribution in [0.5, 0.6) is 0 Å². The second-order valence-electron chi connectivity index (χ2n) is 7.63. The van der Waals surface area contributed by atoms with Crippen LogP contribution in [0.25, 0.3) is 0 Å². The Morgan fingerprint density at radius 2 is 1.50 bits per heavy atom. The van der Waals surface area contributed by atoms with E-state index in [1.165, 1.54) is 25.7 Å². The van der Waals surface area contributed by atoms with Gasteiger partial charge in [0, 0.05) is 32.1 Å². The summed E-state index contributed by atoms with van der Waals surface area (Å²) in [4.78, 5) is 28.2. The van der Waals surface area contributed by atoms with Crippen molar-refractivity contribution in [3.05, 3.63) is 0 Å². The van der Waals surface area contributed by atoms with Gasteiger partial charge in [-0.15, -0.1) is 0 Å². The fourth-order valence-corrected chi connectivity index (χ4v) is 3.38. The van der Waals surface area contributed by atoms with E-state index in [4.69, 9.17) is 4.74 Å². The number of carbonyl (C=O) groups is 2. The average Bonchev–Trinajstić information content (AvgIpc) is 2.98. The second-order valence-corrected chi connectivity index (χ2v) is 7.63. The molecule has 0 spiro atoms. The third-order valence-corrected chi connectivity index (χ3v) is 4.74. The Kier molecular flexibility index (Phi) is 5.35. The van der Waals surface area contributed by atoms with Gasteiger partial charge in [0.2, 0.25) is 5.91 Å². The monoisotopic (exact) mass is 310 g/mol. The van der Waals surface area contributed by atoms with E-state index in [0.29, 0.717) is 32.1 Å². The van der Waals surface area contributed by atoms with Crippen molar-refractivity contribution in [1.29, 1.82) is 0 Å². The van der Waals surface area contributed by atoms with Crippen LogP contribution in [0.1, 0.15) is 53.4 Å². The van der Waals surface area contributed by atoms with E-state index in [1.807, 2.05) is 25.7 Å². The first-order valence-electron chi connectivity index (χ1n) is 8.54. The van der Waals surface area contributed by atoms with Crippen molar-refractivity contribution in [2.45, 2.75) is 59.0 Å². The van der Waals surface area contributed by atoms with E-state index >= 15 is 0 Å². The molecule has 1 aliphatic carbocycles. The number of amides is 2. The van der Waals surface area contributed by atoms with Crippen LogP contribution in [0.2, 0.25) is 0 Å². The summed E-state index contributed by atoms with van der Waals surface area (Å²) in [7, 11) is 0. The molecule has 1 atom stereocenters. The number of piperazine rings is 1. The van der Waals surface area contributed by atoms with Crippen LogP contribution < -0.4 is 0 Å². The Labute approximate surface area is 134 Å². The predicted octanol–water partition coefficient (Wildman–Crippen LogP) is 2.89. The number of nitrogens with zero attached hydrogens (tertiary/aromatic N) is 2. The summed E-state index contributed by atoms with van der Waals surface area (Å²) in [5.41, 5.74) is -0.471. The van der Waals surface area contributed by atoms with Gasteiger partial charge in [0.1, 0.15) is 5.60 Å². The lowest BCUT2D eigenvalue weighted by Crippen LogP contribution is -2.53. The smallest absolute Gasteiger partial charge is 0.410 e. The summed E-state index contributed by atoms with van der Waals surface area (Å²) < 4.78 is 5.39. The van der Waals surface area contributed by atoms with E-state index in [9.17, 15) is 9.59 Å². The van der Waals surface area contributed by atoms with Crippen LogP contribution in [0.15, 0.2) is 0 Å². The summed E-state index contributed by atoms with van der Waals surface area (Å²) in [6, 6.07) is 0. The van der Waals surface area contributed by atoms with Crippen LogP contribution in [-0.2, 0) is 9.53 Å². The van der Waals surface area contributed by atoms with Gasteiger partial charge < -0.3 is 14.5 Å². The third-order valence-electron chi connectivity index (χ3n) is 4.74. The molecule has 5 heteroatoms. The molecular formula is C17H30N2O3. The number of rotatable bonds is 2. The molecule has 1 saturated heterocycles. The van der Waals surface area contributed by atoms with Gasteiger partial charge in [-0.1, -0.05) is 19.8 Å². The molecule has 0 aromatic carbocycles. The molecule has 1 aliphatic heterocycles. The average molecular weight is 310 g/mol. The normalized spacial score (nSPS) is 21.8. The van der Waals surface area contributed by atoms with Crippen molar-refractivity contribution in [3.8, 4) is 0 Å². The molecule has 22 heavy (non-hydrogen) atoms. The van der Waals surface area contributed by atoms with E-state index in [-0.39, 0.29) is 17.9 Å². The zero-order valence-electron chi connectivity index (χ0n) is 14.4. The molecule has 2 rings (SSSR count). The fourth-order valence-electron chi connectivity index (χ4n) is 3.38. The Morgan fingerprint density at radius 1 is 1.00 bits per heavy atom. The van der Waals surface area contributed by atoms with E-state index in [0.717, 1.165) is 0 Å². The Morgan fingerprint density at radius 3 is 2.00 bits per heavy atom. The topological polar surface area (TPSA) is 49.9 Å². The third kappa shape index (κ3) is 4.37. The van der Waals surface area contributed by atoms with Crippen LogP contribution in [0, 0.1) is 11.8 Å². The molecule has 2 aliphatic rings. The van der Waals surface area contributed by atoms with E-state index < -0.39 is 5.60 Å². The largest absolute Gasteiger partial charge is 0.444 e. The minimum Gasteiger partial charge on any atom is -0.444 e. The first kappa shape index (κ1) is 17.1. The molecule has 0 aromatic heterocycles. The van der Waals surface area contributed by atoms with Crippen molar-refractivity contribution >= 4 is 12.0 Å². The highest BCUT2D eigenvalue weighted by molar-refractivity contribution is 5.79. The van der Waals surface area contributed by atoms with E-state index in [1.54, 1.807) is 4.90 Å². The number of hydrogen-bond acceptors (Lipinski definition) is 3. The van der Waals surface area contributed by atoms with Crippen molar-refractivity contribution in [2.75, 3.05) is 26.2 Å². The number of ether oxygens (including phenoxy) is 1. The first-order chi connectivity index (χ1) is 10.3. The molecule has 126 valence electrons. The van der Waals surface area contributed by atoms with Gasteiger partial charge in [0.05, 0.1) is 0 Å². The summed E-state index contributed by atoms with van der Waals surface area (Å²) in [5, 5.41) is 0. The molecule has 0 radical (unpaired) electrons. The van der Waals surface area contributed by atoms with E-state index in [2.05, 4.69) is 6.92 Å². The van der Waals surface area contributed by atoms with Gasteiger partial charge in [-0.3, -0.25) is 4.79 Å². The van der Waals surface area contributed by atoms with Gasteiger partial charge in [0.15, 0.2) is 0 Å². The van der Waals surface area contributed by atoms with Crippen molar-refractivity contribution in [2.24, 2.45) is 11.8 Å². The van der Waals surface area contributed by atoms with Gasteiger partial charge in [-0.25, -0.2) is 4.79 Å². The first-order valence-corrected chi connectivity index (χ1v) is 8.54. The molecule has 5 nitrogen and oxygen atoms in total. The van der Waals surface area contributed by atoms with Crippen LogP contribution in [-0.4, -0.2) is 53.6 Å². The minimum atomic E-state index is -0.471. The Balaban J connectivity index is 1.81. The van der Waals surface area contributed by atoms with Crippen molar-refractivity contribution in [3.63, 3.8) is 0 Å². The molecule has 0 bridgehead atoms. The second kappa shape index (κ2) is 6.88. The predicted molar refractivity (Wildman–Crippen MR) is 85.5 cm³/mol. The molecule has 2 fully saturated rings. The number of hydrogen-bond donors (Lipinski definition) is 0. The molecule has 0 N–H and O–H groups in total. The highest BCUT2D eigenvalue weighted by Gasteiger charge is 2.33. The lowest BCUT2D eigenvalue weighted by atomic mass is 9.91. The van der Waals surface area contributed by atoms with Crippen LogP contribution in [0.3, 0.4) is 0 Å². The zero-order valence-corrected chi connectivity index (χ0v) is 14.4. The lowest BCUT2D eigenvalue weighted by molar-refractivity contribution is -0.138. The Hall–Kier alpha value is -1.26. The standard InChI is InChI=1S/C17H30N2O3/c1-13(14-7-5-6-8-14)15(20)18-9-11-19(12-10-18)16(21)22-17(2,3)4/h13-14H,5-12H2,1-4H3. The lowest BCUT2D eigenvalue weighted by Gasteiger charge is -2.37. The van der Waals surface area contributed by atoms with Crippen molar-refractivity contribution < 1.29 is 14.3 Å². The SMILES string of the molecule is CC(C(=O)N1CCN(C(=O)OC(C)(C)C)CC1)C1CCCC1. The Bertz CT molecular complexity index is 403. The van der Waals surface area contributed by atoms with Crippen LogP contribution >= 0.6 is 0 Å². The fraction of sp³-hybridized carbons (Fsp3) is 0.882. The molecule has 0 aromatic rings. The van der Waals surface area contributed by atoms with Gasteiger partial charge in [-0.05, 0) is 39.5 Å². The zero-order chi connectivity index (χ0) is 16.3. The van der Waals surface area contributed by atoms with Crippen LogP contribution in [0.4, 0.5) is 4.79 Å². The summed E-state index contributed by atoms with van der Waals surface area (Å²) in [6.07, 6.45) is 4.61. The maximum atomic E-state index is 12.6. The van der Waals surface area contributed by atoms with Gasteiger partial charge in [-0.2, -0.15) is 0 Å². The highest BCUT2D eigenvalue weighted by atomic mass is 16.6. The van der Waals surface area contributed by atoms with Gasteiger partial charge in [0.25, 0.3) is 0 Å². The maximum Gasteiger partial charge on any atom is 0.410 e. The molecule has 1 heterocycles. The number of carbonyl (C=O) groups excluding carboxylic acids is 2. The van der Waals surface area contributed by atoms with Gasteiger partial charge >= 0.3 is 6.09 Å². The molecular weight excluding hydrogens is 280 g/mol. The molecule has 1 saturated carbocycles. The summed E-state index contributed by atoms with van der Waals surface area (Å²) in [6.45, 7) is 10.1. The molecule has 2 amide bonds. The summed E-state index contributed by atoms with van der Waals surface area (Å²) in [5.74, 6) is 0.933.